The quantitative estimate of drug-likeness (QED) is 0.748. The van der Waals surface area contributed by atoms with Gasteiger partial charge in [0.2, 0.25) is 0 Å². The van der Waals surface area contributed by atoms with Crippen LogP contribution in [0.4, 0.5) is 5.69 Å². The van der Waals surface area contributed by atoms with E-state index in [-0.39, 0.29) is 4.90 Å². The van der Waals surface area contributed by atoms with Gasteiger partial charge in [-0.2, -0.15) is 0 Å². The van der Waals surface area contributed by atoms with E-state index in [1.807, 2.05) is 32.2 Å². The van der Waals surface area contributed by atoms with Crippen LogP contribution >= 0.6 is 0 Å². The van der Waals surface area contributed by atoms with E-state index in [1.54, 1.807) is 36.5 Å². The highest BCUT2D eigenvalue weighted by atomic mass is 32.2. The zero-order valence-corrected chi connectivity index (χ0v) is 14.4. The number of sulfonamides is 1. The van der Waals surface area contributed by atoms with Gasteiger partial charge in [-0.15, -0.1) is 0 Å². The van der Waals surface area contributed by atoms with Crippen molar-refractivity contribution in [3.8, 4) is 0 Å². The van der Waals surface area contributed by atoms with Crippen molar-refractivity contribution in [2.75, 3.05) is 11.8 Å². The predicted octanol–water partition coefficient (Wildman–Crippen LogP) is 3.06. The molecule has 1 aromatic heterocycles. The average Bonchev–Trinajstić information content (AvgIpc) is 2.55. The highest BCUT2D eigenvalue weighted by Gasteiger charge is 2.14. The largest absolute Gasteiger partial charge is 0.316 e. The Morgan fingerprint density at radius 1 is 1.04 bits per heavy atom. The number of aryl methyl sites for hydroxylation is 1. The van der Waals surface area contributed by atoms with Crippen LogP contribution in [0.15, 0.2) is 59.6 Å². The fourth-order valence-corrected chi connectivity index (χ4v) is 3.65. The molecule has 0 saturated carbocycles. The van der Waals surface area contributed by atoms with Gasteiger partial charge in [0, 0.05) is 29.5 Å². The van der Waals surface area contributed by atoms with E-state index < -0.39 is 10.0 Å². The molecular weight excluding hydrogens is 322 g/mol. The van der Waals surface area contributed by atoms with Gasteiger partial charge in [-0.3, -0.25) is 9.71 Å². The summed E-state index contributed by atoms with van der Waals surface area (Å²) in [5, 5.41) is 5.00. The van der Waals surface area contributed by atoms with E-state index in [4.69, 9.17) is 0 Å². The molecule has 5 nitrogen and oxygen atoms in total. The van der Waals surface area contributed by atoms with Crippen molar-refractivity contribution in [1.29, 1.82) is 0 Å². The third-order valence-corrected chi connectivity index (χ3v) is 5.23. The van der Waals surface area contributed by atoms with Crippen LogP contribution in [0, 0.1) is 6.92 Å². The van der Waals surface area contributed by atoms with Crippen LogP contribution in [0.1, 0.15) is 11.3 Å². The summed E-state index contributed by atoms with van der Waals surface area (Å²) < 4.78 is 27.7. The SMILES string of the molecule is CNCc1ccc(S(=O)(=O)Nc2ccc3c(C)nccc3c2)cc1. The molecule has 0 aliphatic heterocycles. The molecule has 0 unspecified atom stereocenters. The van der Waals surface area contributed by atoms with Crippen molar-refractivity contribution >= 4 is 26.5 Å². The highest BCUT2D eigenvalue weighted by Crippen LogP contribution is 2.23. The van der Waals surface area contributed by atoms with Gasteiger partial charge >= 0.3 is 0 Å². The number of pyridine rings is 1. The first-order chi connectivity index (χ1) is 11.5. The summed E-state index contributed by atoms with van der Waals surface area (Å²) in [6, 6.07) is 14.2. The molecule has 0 atom stereocenters. The zero-order chi connectivity index (χ0) is 17.2. The van der Waals surface area contributed by atoms with Gasteiger partial charge in [0.1, 0.15) is 0 Å². The number of rotatable bonds is 5. The van der Waals surface area contributed by atoms with E-state index >= 15 is 0 Å². The second kappa shape index (κ2) is 6.59. The monoisotopic (exact) mass is 341 g/mol. The van der Waals surface area contributed by atoms with Crippen molar-refractivity contribution in [3.63, 3.8) is 0 Å². The maximum Gasteiger partial charge on any atom is 0.261 e. The standard InChI is InChI=1S/C18H19N3O2S/c1-13-18-8-5-16(11-15(18)9-10-20-13)21-24(22,23)17-6-3-14(4-7-17)12-19-2/h3-11,19,21H,12H2,1-2H3. The van der Waals surface area contributed by atoms with Gasteiger partial charge in [-0.05, 0) is 55.3 Å². The Bertz CT molecular complexity index is 967. The predicted molar refractivity (Wildman–Crippen MR) is 96.5 cm³/mol. The molecule has 6 heteroatoms. The molecule has 0 saturated heterocycles. The zero-order valence-electron chi connectivity index (χ0n) is 13.6. The van der Waals surface area contributed by atoms with Gasteiger partial charge in [0.25, 0.3) is 10.0 Å². The van der Waals surface area contributed by atoms with Crippen molar-refractivity contribution in [2.24, 2.45) is 0 Å². The lowest BCUT2D eigenvalue weighted by atomic mass is 10.1. The summed E-state index contributed by atoms with van der Waals surface area (Å²) in [4.78, 5) is 4.48. The van der Waals surface area contributed by atoms with E-state index in [9.17, 15) is 8.42 Å². The Morgan fingerprint density at radius 3 is 2.50 bits per heavy atom. The average molecular weight is 341 g/mol. The number of nitrogens with zero attached hydrogens (tertiary/aromatic N) is 1. The summed E-state index contributed by atoms with van der Waals surface area (Å²) in [6.45, 7) is 2.63. The fraction of sp³-hybridized carbons (Fsp3) is 0.167. The molecule has 3 aromatic rings. The molecule has 0 radical (unpaired) electrons. The molecule has 0 aliphatic rings. The molecule has 2 N–H and O–H groups in total. The molecule has 1 heterocycles. The van der Waals surface area contributed by atoms with Crippen molar-refractivity contribution < 1.29 is 8.42 Å². The lowest BCUT2D eigenvalue weighted by Gasteiger charge is -2.10. The van der Waals surface area contributed by atoms with Crippen LogP contribution in [0.2, 0.25) is 0 Å². The van der Waals surface area contributed by atoms with E-state index in [2.05, 4.69) is 15.0 Å². The Hall–Kier alpha value is -2.44. The minimum absolute atomic E-state index is 0.244. The normalized spacial score (nSPS) is 11.6. The molecule has 124 valence electrons. The first kappa shape index (κ1) is 16.4. The minimum atomic E-state index is -3.61. The molecule has 0 fully saturated rings. The number of fused-ring (bicyclic) bond motifs is 1. The maximum atomic E-state index is 12.5. The Labute approximate surface area is 141 Å². The van der Waals surface area contributed by atoms with E-state index in [0.29, 0.717) is 12.2 Å². The van der Waals surface area contributed by atoms with Gasteiger partial charge in [0.15, 0.2) is 0 Å². The third-order valence-electron chi connectivity index (χ3n) is 3.83. The van der Waals surface area contributed by atoms with Crippen LogP contribution in [0.3, 0.4) is 0 Å². The molecule has 2 aromatic carbocycles. The first-order valence-corrected chi connectivity index (χ1v) is 9.10. The van der Waals surface area contributed by atoms with Crippen molar-refractivity contribution in [2.45, 2.75) is 18.4 Å². The second-order valence-corrected chi connectivity index (χ2v) is 7.29. The summed E-state index contributed by atoms with van der Waals surface area (Å²) >= 11 is 0. The molecule has 3 rings (SSSR count). The number of anilines is 1. The van der Waals surface area contributed by atoms with E-state index in [0.717, 1.165) is 22.0 Å². The van der Waals surface area contributed by atoms with Crippen LogP contribution in [-0.2, 0) is 16.6 Å². The lowest BCUT2D eigenvalue weighted by Crippen LogP contribution is -2.13. The topological polar surface area (TPSA) is 71.1 Å². The van der Waals surface area contributed by atoms with Crippen LogP contribution in [0.5, 0.6) is 0 Å². The summed E-state index contributed by atoms with van der Waals surface area (Å²) in [5.41, 5.74) is 2.49. The second-order valence-electron chi connectivity index (χ2n) is 5.61. The number of aromatic nitrogens is 1. The van der Waals surface area contributed by atoms with Gasteiger partial charge in [-0.1, -0.05) is 18.2 Å². The van der Waals surface area contributed by atoms with Crippen LogP contribution < -0.4 is 10.0 Å². The molecule has 0 amide bonds. The van der Waals surface area contributed by atoms with Crippen molar-refractivity contribution in [3.05, 3.63) is 66.0 Å². The summed E-state index contributed by atoms with van der Waals surface area (Å²) in [6.07, 6.45) is 1.72. The van der Waals surface area contributed by atoms with Crippen molar-refractivity contribution in [1.82, 2.24) is 10.3 Å². The molecule has 0 bridgehead atoms. The van der Waals surface area contributed by atoms with Crippen LogP contribution in [0.25, 0.3) is 10.8 Å². The Balaban J connectivity index is 1.88. The van der Waals surface area contributed by atoms with Gasteiger partial charge < -0.3 is 5.32 Å². The summed E-state index contributed by atoms with van der Waals surface area (Å²) in [7, 11) is -1.76. The highest BCUT2D eigenvalue weighted by molar-refractivity contribution is 7.92. The van der Waals surface area contributed by atoms with Gasteiger partial charge in [0.05, 0.1) is 4.90 Å². The fourth-order valence-electron chi connectivity index (χ4n) is 2.60. The minimum Gasteiger partial charge on any atom is -0.316 e. The molecule has 0 aliphatic carbocycles. The van der Waals surface area contributed by atoms with E-state index in [1.165, 1.54) is 0 Å². The molecular formula is C18H19N3O2S. The molecule has 0 spiro atoms. The third kappa shape index (κ3) is 3.39. The smallest absolute Gasteiger partial charge is 0.261 e. The van der Waals surface area contributed by atoms with Gasteiger partial charge in [-0.25, -0.2) is 8.42 Å². The first-order valence-electron chi connectivity index (χ1n) is 7.61. The molecule has 24 heavy (non-hydrogen) atoms. The summed E-state index contributed by atoms with van der Waals surface area (Å²) in [5.74, 6) is 0. The lowest BCUT2D eigenvalue weighted by molar-refractivity contribution is 0.601. The number of benzene rings is 2. The maximum absolute atomic E-state index is 12.5. The number of hydrogen-bond acceptors (Lipinski definition) is 4. The van der Waals surface area contributed by atoms with Crippen LogP contribution in [-0.4, -0.2) is 20.4 Å². The Kier molecular flexibility index (Phi) is 4.51. The Morgan fingerprint density at radius 2 is 1.79 bits per heavy atom. The number of hydrogen-bond donors (Lipinski definition) is 2. The number of nitrogens with one attached hydrogen (secondary N) is 2.